The number of nitrogens with one attached hydrogen (secondary N) is 1. The summed E-state index contributed by atoms with van der Waals surface area (Å²) in [5.41, 5.74) is 8.65. The minimum absolute atomic E-state index is 0.00485. The average molecular weight is 378 g/mol. The van der Waals surface area contributed by atoms with Gasteiger partial charge in [0.05, 0.1) is 11.3 Å². The van der Waals surface area contributed by atoms with E-state index in [9.17, 15) is 13.2 Å². The number of hydrogen-bond acceptors (Lipinski definition) is 4. The van der Waals surface area contributed by atoms with Crippen LogP contribution in [0.15, 0.2) is 30.3 Å². The van der Waals surface area contributed by atoms with E-state index in [4.69, 9.17) is 5.73 Å². The summed E-state index contributed by atoms with van der Waals surface area (Å²) in [6.07, 6.45) is -4.36. The molecule has 146 valence electrons. The summed E-state index contributed by atoms with van der Waals surface area (Å²) in [6.45, 7) is 7.70. The lowest BCUT2D eigenvalue weighted by molar-refractivity contribution is -0.137. The van der Waals surface area contributed by atoms with E-state index in [1.807, 2.05) is 0 Å². The van der Waals surface area contributed by atoms with Crippen LogP contribution in [0, 0.1) is 0 Å². The quantitative estimate of drug-likeness (QED) is 0.798. The molecular formula is C19H23F3N5-. The minimum atomic E-state index is -4.36. The summed E-state index contributed by atoms with van der Waals surface area (Å²) in [7, 11) is 0. The molecule has 0 spiro atoms. The third-order valence-electron chi connectivity index (χ3n) is 4.78. The summed E-state index contributed by atoms with van der Waals surface area (Å²) in [6, 6.07) is 7.09. The molecule has 2 aromatic rings. The van der Waals surface area contributed by atoms with Crippen molar-refractivity contribution in [3.63, 3.8) is 0 Å². The summed E-state index contributed by atoms with van der Waals surface area (Å²) in [4.78, 5) is 13.5. The van der Waals surface area contributed by atoms with Crippen LogP contribution < -0.4 is 4.90 Å². The van der Waals surface area contributed by atoms with Crippen LogP contribution in [0.1, 0.15) is 25.1 Å². The van der Waals surface area contributed by atoms with Crippen LogP contribution in [0.5, 0.6) is 0 Å². The van der Waals surface area contributed by atoms with Gasteiger partial charge in [0.25, 0.3) is 0 Å². The summed E-state index contributed by atoms with van der Waals surface area (Å²) in [5, 5.41) is 0. The van der Waals surface area contributed by atoms with Gasteiger partial charge in [0.15, 0.2) is 0 Å². The van der Waals surface area contributed by atoms with Crippen LogP contribution in [-0.4, -0.2) is 47.1 Å². The lowest BCUT2D eigenvalue weighted by atomic mass is 10.1. The summed E-state index contributed by atoms with van der Waals surface area (Å²) < 4.78 is 38.3. The number of anilines is 1. The van der Waals surface area contributed by atoms with Crippen molar-refractivity contribution >= 4 is 5.95 Å². The van der Waals surface area contributed by atoms with Crippen LogP contribution >= 0.6 is 0 Å². The van der Waals surface area contributed by atoms with E-state index in [1.54, 1.807) is 6.07 Å². The predicted molar refractivity (Wildman–Crippen MR) is 99.4 cm³/mol. The Bertz CT molecular complexity index is 766. The number of alkyl halides is 3. The third kappa shape index (κ3) is 4.56. The molecule has 1 aromatic heterocycles. The molecule has 1 N–H and O–H groups in total. The summed E-state index contributed by atoms with van der Waals surface area (Å²) in [5.74, 6) is 0.540. The zero-order valence-corrected chi connectivity index (χ0v) is 15.4. The Kier molecular flexibility index (Phi) is 5.67. The predicted octanol–water partition coefficient (Wildman–Crippen LogP) is 4.25. The molecule has 1 aliphatic heterocycles. The third-order valence-corrected chi connectivity index (χ3v) is 4.78. The van der Waals surface area contributed by atoms with Crippen LogP contribution in [0.3, 0.4) is 0 Å². The normalized spacial score (nSPS) is 16.2. The molecule has 1 aliphatic rings. The van der Waals surface area contributed by atoms with E-state index < -0.39 is 11.7 Å². The van der Waals surface area contributed by atoms with Crippen molar-refractivity contribution in [1.82, 2.24) is 14.9 Å². The first-order chi connectivity index (χ1) is 12.8. The molecule has 0 aliphatic carbocycles. The molecule has 0 bridgehead atoms. The van der Waals surface area contributed by atoms with Crippen LogP contribution in [0.25, 0.3) is 17.0 Å². The number of piperazine rings is 1. The number of nitrogens with zero attached hydrogens (tertiary/aromatic N) is 4. The van der Waals surface area contributed by atoms with Gasteiger partial charge in [-0.2, -0.15) is 13.2 Å². The highest BCUT2D eigenvalue weighted by atomic mass is 19.4. The van der Waals surface area contributed by atoms with E-state index in [1.165, 1.54) is 12.1 Å². The van der Waals surface area contributed by atoms with Gasteiger partial charge in [0, 0.05) is 43.5 Å². The highest BCUT2D eigenvalue weighted by Crippen LogP contribution is 2.31. The summed E-state index contributed by atoms with van der Waals surface area (Å²) >= 11 is 0. The first-order valence-electron chi connectivity index (χ1n) is 8.97. The maximum Gasteiger partial charge on any atom is 0.416 e. The van der Waals surface area contributed by atoms with Gasteiger partial charge >= 0.3 is 6.18 Å². The van der Waals surface area contributed by atoms with Gasteiger partial charge in [0.1, 0.15) is 0 Å². The monoisotopic (exact) mass is 378 g/mol. The van der Waals surface area contributed by atoms with E-state index >= 15 is 0 Å². The molecule has 1 fully saturated rings. The second-order valence-corrected chi connectivity index (χ2v) is 6.91. The van der Waals surface area contributed by atoms with Gasteiger partial charge < -0.3 is 10.6 Å². The molecule has 0 unspecified atom stereocenters. The Morgan fingerprint density at radius 3 is 2.19 bits per heavy atom. The molecule has 1 aromatic carbocycles. The van der Waals surface area contributed by atoms with Crippen molar-refractivity contribution in [2.24, 2.45) is 0 Å². The number of halogens is 3. The SMILES string of the molecule is CC(C)N1CCN(c2nc(C[NH-])cc(-c3ccc(C(F)(F)F)cc3)n2)CC1. The molecule has 27 heavy (non-hydrogen) atoms. The molecule has 3 rings (SSSR count). The Morgan fingerprint density at radius 1 is 1.04 bits per heavy atom. The number of benzene rings is 1. The van der Waals surface area contributed by atoms with Gasteiger partial charge in [0.2, 0.25) is 5.95 Å². The molecule has 5 nitrogen and oxygen atoms in total. The Hall–Kier alpha value is -2.19. The standard InChI is InChI=1S/C19H23F3N5/c1-13(2)26-7-9-27(10-8-26)18-24-16(12-23)11-17(25-18)14-3-5-15(6-4-14)19(20,21)22/h3-6,11,13,23H,7-10,12H2,1-2H3/q-1. The van der Waals surface area contributed by atoms with E-state index in [-0.39, 0.29) is 6.54 Å². The van der Waals surface area contributed by atoms with Crippen molar-refractivity contribution in [2.45, 2.75) is 32.6 Å². The Balaban J connectivity index is 1.86. The van der Waals surface area contributed by atoms with Gasteiger partial charge in [-0.3, -0.25) is 4.90 Å². The lowest BCUT2D eigenvalue weighted by Gasteiger charge is -2.37. The first-order valence-corrected chi connectivity index (χ1v) is 8.97. The number of hydrogen-bond donors (Lipinski definition) is 0. The van der Waals surface area contributed by atoms with Gasteiger partial charge in [-0.15, -0.1) is 6.54 Å². The highest BCUT2D eigenvalue weighted by Gasteiger charge is 2.30. The van der Waals surface area contributed by atoms with E-state index in [0.29, 0.717) is 28.9 Å². The number of rotatable bonds is 4. The molecule has 8 heteroatoms. The topological polar surface area (TPSA) is 56.1 Å². The van der Waals surface area contributed by atoms with E-state index in [0.717, 1.165) is 38.3 Å². The minimum Gasteiger partial charge on any atom is -0.672 e. The molecule has 1 saturated heterocycles. The van der Waals surface area contributed by atoms with Gasteiger partial charge in [-0.1, -0.05) is 12.1 Å². The second-order valence-electron chi connectivity index (χ2n) is 6.91. The number of aromatic nitrogens is 2. The van der Waals surface area contributed by atoms with Crippen molar-refractivity contribution in [3.05, 3.63) is 47.3 Å². The zero-order chi connectivity index (χ0) is 19.6. The van der Waals surface area contributed by atoms with Crippen molar-refractivity contribution in [3.8, 4) is 11.3 Å². The Morgan fingerprint density at radius 2 is 1.67 bits per heavy atom. The molecule has 2 heterocycles. The van der Waals surface area contributed by atoms with Crippen molar-refractivity contribution in [2.75, 3.05) is 31.1 Å². The fourth-order valence-corrected chi connectivity index (χ4v) is 3.13. The van der Waals surface area contributed by atoms with Gasteiger partial charge in [-0.05, 0) is 32.0 Å². The Labute approximate surface area is 157 Å². The van der Waals surface area contributed by atoms with Gasteiger partial charge in [-0.25, -0.2) is 9.97 Å². The molecule has 0 atom stereocenters. The first kappa shape index (κ1) is 19.6. The second kappa shape index (κ2) is 7.82. The molecule has 0 amide bonds. The lowest BCUT2D eigenvalue weighted by Crippen LogP contribution is -2.49. The van der Waals surface area contributed by atoms with E-state index in [2.05, 4.69) is 33.6 Å². The smallest absolute Gasteiger partial charge is 0.416 e. The molecular weight excluding hydrogens is 355 g/mol. The maximum atomic E-state index is 12.8. The van der Waals surface area contributed by atoms with Crippen LogP contribution in [0.2, 0.25) is 0 Å². The fourth-order valence-electron chi connectivity index (χ4n) is 3.13. The average Bonchev–Trinajstić information content (AvgIpc) is 2.67. The van der Waals surface area contributed by atoms with Crippen LogP contribution in [-0.2, 0) is 12.7 Å². The molecule has 0 radical (unpaired) electrons. The fraction of sp³-hybridized carbons (Fsp3) is 0.474. The van der Waals surface area contributed by atoms with Crippen LogP contribution in [0.4, 0.5) is 19.1 Å². The zero-order valence-electron chi connectivity index (χ0n) is 15.4. The highest BCUT2D eigenvalue weighted by molar-refractivity contribution is 5.61. The maximum absolute atomic E-state index is 12.8. The van der Waals surface area contributed by atoms with Crippen molar-refractivity contribution < 1.29 is 13.2 Å². The molecule has 0 saturated carbocycles. The van der Waals surface area contributed by atoms with Crippen molar-refractivity contribution in [1.29, 1.82) is 0 Å². The largest absolute Gasteiger partial charge is 0.672 e.